The maximum atomic E-state index is 5.93. The molecular formula is C13H21NO. The van der Waals surface area contributed by atoms with Crippen LogP contribution in [-0.4, -0.2) is 12.6 Å². The maximum absolute atomic E-state index is 5.93. The molecule has 2 heteroatoms. The van der Waals surface area contributed by atoms with Gasteiger partial charge in [0, 0.05) is 6.04 Å². The first-order valence-corrected chi connectivity index (χ1v) is 5.47. The zero-order valence-corrected chi connectivity index (χ0v) is 10.1. The molecule has 0 amide bonds. The second-order valence-electron chi connectivity index (χ2n) is 4.42. The Bertz CT molecular complexity index is 320. The van der Waals surface area contributed by atoms with E-state index in [1.54, 1.807) is 0 Å². The summed E-state index contributed by atoms with van der Waals surface area (Å²) in [6, 6.07) is 6.20. The van der Waals surface area contributed by atoms with E-state index in [1.165, 1.54) is 11.1 Å². The third-order valence-electron chi connectivity index (χ3n) is 2.84. The Balaban J connectivity index is 2.62. The van der Waals surface area contributed by atoms with Gasteiger partial charge in [0.2, 0.25) is 0 Å². The van der Waals surface area contributed by atoms with Gasteiger partial charge in [-0.15, -0.1) is 0 Å². The van der Waals surface area contributed by atoms with Gasteiger partial charge in [0.25, 0.3) is 0 Å². The van der Waals surface area contributed by atoms with Crippen molar-refractivity contribution in [2.75, 3.05) is 6.61 Å². The topological polar surface area (TPSA) is 35.2 Å². The molecule has 0 saturated carbocycles. The number of rotatable bonds is 4. The molecule has 1 atom stereocenters. The number of ether oxygens (including phenoxy) is 1. The van der Waals surface area contributed by atoms with Gasteiger partial charge in [0.15, 0.2) is 0 Å². The minimum Gasteiger partial charge on any atom is -0.492 e. The summed E-state index contributed by atoms with van der Waals surface area (Å²) in [5.41, 5.74) is 8.38. The fourth-order valence-electron chi connectivity index (χ4n) is 1.26. The number of hydrogen-bond acceptors (Lipinski definition) is 2. The van der Waals surface area contributed by atoms with Gasteiger partial charge in [0.1, 0.15) is 12.4 Å². The van der Waals surface area contributed by atoms with Crippen LogP contribution < -0.4 is 10.5 Å². The van der Waals surface area contributed by atoms with E-state index < -0.39 is 0 Å². The van der Waals surface area contributed by atoms with Gasteiger partial charge in [-0.25, -0.2) is 0 Å². The number of nitrogens with two attached hydrogens (primary N) is 1. The molecule has 15 heavy (non-hydrogen) atoms. The molecule has 0 heterocycles. The lowest BCUT2D eigenvalue weighted by molar-refractivity contribution is 0.258. The molecule has 0 aromatic heterocycles. The lowest BCUT2D eigenvalue weighted by Crippen LogP contribution is -2.33. The fourth-order valence-corrected chi connectivity index (χ4v) is 1.26. The van der Waals surface area contributed by atoms with E-state index in [0.717, 1.165) is 5.75 Å². The molecular weight excluding hydrogens is 186 g/mol. The van der Waals surface area contributed by atoms with Crippen LogP contribution in [0.1, 0.15) is 25.0 Å². The molecule has 2 N–H and O–H groups in total. The quantitative estimate of drug-likeness (QED) is 0.823. The maximum Gasteiger partial charge on any atom is 0.122 e. The summed E-state index contributed by atoms with van der Waals surface area (Å²) in [6.07, 6.45) is 0. The van der Waals surface area contributed by atoms with Crippen LogP contribution >= 0.6 is 0 Å². The van der Waals surface area contributed by atoms with Crippen molar-refractivity contribution in [2.45, 2.75) is 33.7 Å². The normalized spacial score (nSPS) is 12.9. The first kappa shape index (κ1) is 12.1. The van der Waals surface area contributed by atoms with E-state index in [4.69, 9.17) is 10.5 Å². The van der Waals surface area contributed by atoms with Crippen LogP contribution in [0.5, 0.6) is 5.75 Å². The molecule has 2 nitrogen and oxygen atoms in total. The van der Waals surface area contributed by atoms with E-state index in [9.17, 15) is 0 Å². The Morgan fingerprint density at radius 1 is 1.27 bits per heavy atom. The highest BCUT2D eigenvalue weighted by molar-refractivity contribution is 5.38. The molecule has 84 valence electrons. The van der Waals surface area contributed by atoms with Crippen molar-refractivity contribution >= 4 is 0 Å². The van der Waals surface area contributed by atoms with Gasteiger partial charge in [-0.2, -0.15) is 0 Å². The van der Waals surface area contributed by atoms with Crippen LogP contribution in [0.3, 0.4) is 0 Å². The summed E-state index contributed by atoms with van der Waals surface area (Å²) < 4.78 is 5.72. The number of benzene rings is 1. The Kier molecular flexibility index (Phi) is 4.15. The first-order valence-electron chi connectivity index (χ1n) is 5.47. The average molecular weight is 207 g/mol. The molecule has 0 aliphatic rings. The Morgan fingerprint density at radius 3 is 2.53 bits per heavy atom. The summed E-state index contributed by atoms with van der Waals surface area (Å²) >= 11 is 0. The zero-order chi connectivity index (χ0) is 11.4. The van der Waals surface area contributed by atoms with Gasteiger partial charge in [-0.05, 0) is 37.0 Å². The highest BCUT2D eigenvalue weighted by atomic mass is 16.5. The number of hydrogen-bond donors (Lipinski definition) is 1. The average Bonchev–Trinajstić information content (AvgIpc) is 2.19. The van der Waals surface area contributed by atoms with Crippen molar-refractivity contribution in [3.63, 3.8) is 0 Å². The highest BCUT2D eigenvalue weighted by Crippen LogP contribution is 2.20. The summed E-state index contributed by atoms with van der Waals surface area (Å²) in [5.74, 6) is 1.40. The monoisotopic (exact) mass is 207 g/mol. The van der Waals surface area contributed by atoms with E-state index in [0.29, 0.717) is 12.5 Å². The fraction of sp³-hybridized carbons (Fsp3) is 0.538. The smallest absolute Gasteiger partial charge is 0.122 e. The summed E-state index contributed by atoms with van der Waals surface area (Å²) in [4.78, 5) is 0. The predicted octanol–water partition coefficient (Wildman–Crippen LogP) is 2.67. The predicted molar refractivity (Wildman–Crippen MR) is 64.2 cm³/mol. The third-order valence-corrected chi connectivity index (χ3v) is 2.84. The largest absolute Gasteiger partial charge is 0.492 e. The third kappa shape index (κ3) is 3.24. The highest BCUT2D eigenvalue weighted by Gasteiger charge is 2.09. The van der Waals surface area contributed by atoms with Crippen molar-refractivity contribution < 1.29 is 4.74 Å². The van der Waals surface area contributed by atoms with Crippen LogP contribution in [0.4, 0.5) is 0 Å². The van der Waals surface area contributed by atoms with Crippen molar-refractivity contribution in [3.8, 4) is 5.75 Å². The molecule has 0 aliphatic heterocycles. The van der Waals surface area contributed by atoms with Crippen LogP contribution in [0.25, 0.3) is 0 Å². The molecule has 0 bridgehead atoms. The van der Waals surface area contributed by atoms with Crippen LogP contribution in [-0.2, 0) is 0 Å². The van der Waals surface area contributed by atoms with Gasteiger partial charge in [-0.3, -0.25) is 0 Å². The summed E-state index contributed by atoms with van der Waals surface area (Å²) in [7, 11) is 0. The second-order valence-corrected chi connectivity index (χ2v) is 4.42. The SMILES string of the molecule is Cc1cccc(OC[C@@H](N)C(C)C)c1C. The lowest BCUT2D eigenvalue weighted by Gasteiger charge is -2.17. The molecule has 0 spiro atoms. The van der Waals surface area contributed by atoms with Crippen molar-refractivity contribution in [1.82, 2.24) is 0 Å². The Morgan fingerprint density at radius 2 is 1.93 bits per heavy atom. The zero-order valence-electron chi connectivity index (χ0n) is 10.1. The van der Waals surface area contributed by atoms with Gasteiger partial charge < -0.3 is 10.5 Å². The molecule has 0 unspecified atom stereocenters. The Hall–Kier alpha value is -1.02. The molecule has 0 radical (unpaired) electrons. The lowest BCUT2D eigenvalue weighted by atomic mass is 10.1. The van der Waals surface area contributed by atoms with E-state index in [2.05, 4.69) is 33.8 Å². The van der Waals surface area contributed by atoms with E-state index in [-0.39, 0.29) is 6.04 Å². The minimum absolute atomic E-state index is 0.102. The number of aryl methyl sites for hydroxylation is 1. The Labute approximate surface area is 92.4 Å². The van der Waals surface area contributed by atoms with Gasteiger partial charge in [-0.1, -0.05) is 26.0 Å². The van der Waals surface area contributed by atoms with Gasteiger partial charge >= 0.3 is 0 Å². The van der Waals surface area contributed by atoms with Crippen LogP contribution in [0.15, 0.2) is 18.2 Å². The van der Waals surface area contributed by atoms with Crippen molar-refractivity contribution in [1.29, 1.82) is 0 Å². The van der Waals surface area contributed by atoms with Crippen molar-refractivity contribution in [2.24, 2.45) is 11.7 Å². The van der Waals surface area contributed by atoms with E-state index in [1.807, 2.05) is 12.1 Å². The molecule has 1 aromatic carbocycles. The molecule has 0 saturated heterocycles. The minimum atomic E-state index is 0.102. The van der Waals surface area contributed by atoms with Crippen molar-refractivity contribution in [3.05, 3.63) is 29.3 Å². The molecule has 0 aliphatic carbocycles. The summed E-state index contributed by atoms with van der Waals surface area (Å²) in [6.45, 7) is 8.96. The molecule has 1 rings (SSSR count). The van der Waals surface area contributed by atoms with E-state index >= 15 is 0 Å². The summed E-state index contributed by atoms with van der Waals surface area (Å²) in [5, 5.41) is 0. The first-order chi connectivity index (χ1) is 7.02. The molecule has 0 fully saturated rings. The standard InChI is InChI=1S/C13H21NO/c1-9(2)12(14)8-15-13-7-5-6-10(3)11(13)4/h5-7,9,12H,8,14H2,1-4H3/t12-/m1/s1. The van der Waals surface area contributed by atoms with Crippen LogP contribution in [0.2, 0.25) is 0 Å². The van der Waals surface area contributed by atoms with Gasteiger partial charge in [0.05, 0.1) is 0 Å². The van der Waals surface area contributed by atoms with Crippen LogP contribution in [0, 0.1) is 19.8 Å². The second kappa shape index (κ2) is 5.17. The molecule has 1 aromatic rings.